The molecule has 0 aromatic rings. The van der Waals surface area contributed by atoms with Gasteiger partial charge in [-0.15, -0.1) is 0 Å². The first kappa shape index (κ1) is 21.2. The van der Waals surface area contributed by atoms with E-state index in [1.807, 2.05) is 7.11 Å². The quantitative estimate of drug-likeness (QED) is 0.336. The topological polar surface area (TPSA) is 9.23 Å². The maximum Gasteiger partial charge on any atom is 0.192 e. The molecule has 0 atom stereocenters. The van der Waals surface area contributed by atoms with Crippen LogP contribution in [0.4, 0.5) is 0 Å². The highest BCUT2D eigenvalue weighted by Crippen LogP contribution is 2.31. The summed E-state index contributed by atoms with van der Waals surface area (Å²) in [6.07, 6.45) is 8.23. The Balaban J connectivity index is 4.43. The van der Waals surface area contributed by atoms with Crippen molar-refractivity contribution in [3.8, 4) is 0 Å². The Bertz CT molecular complexity index is 200. The highest BCUT2D eigenvalue weighted by atomic mass is 28.4. The van der Waals surface area contributed by atoms with Crippen molar-refractivity contribution < 1.29 is 4.43 Å². The minimum absolute atomic E-state index is 0.833. The van der Waals surface area contributed by atoms with Crippen LogP contribution in [0.3, 0.4) is 0 Å². The third-order valence-electron chi connectivity index (χ3n) is 4.67. The summed E-state index contributed by atoms with van der Waals surface area (Å²) in [4.78, 5) is 0. The molecular weight excluding hydrogens is 272 g/mol. The van der Waals surface area contributed by atoms with E-state index in [0.717, 1.165) is 17.8 Å². The Morgan fingerprint density at radius 3 is 1.10 bits per heavy atom. The van der Waals surface area contributed by atoms with Crippen LogP contribution in [0, 0.1) is 17.8 Å². The number of rotatable bonds is 13. The average Bonchev–Trinajstić information content (AvgIpc) is 2.36. The molecule has 0 saturated heterocycles. The molecule has 0 N–H and O–H groups in total. The van der Waals surface area contributed by atoms with E-state index in [1.165, 1.54) is 56.7 Å². The van der Waals surface area contributed by atoms with Gasteiger partial charge in [-0.3, -0.25) is 0 Å². The molecule has 0 rings (SSSR count). The Morgan fingerprint density at radius 2 is 0.905 bits per heavy atom. The third kappa shape index (κ3) is 11.4. The minimum Gasteiger partial charge on any atom is -0.420 e. The van der Waals surface area contributed by atoms with Gasteiger partial charge >= 0.3 is 0 Å². The van der Waals surface area contributed by atoms with E-state index in [9.17, 15) is 0 Å². The van der Waals surface area contributed by atoms with Gasteiger partial charge in [0.05, 0.1) is 0 Å². The molecule has 0 heterocycles. The zero-order valence-corrected chi connectivity index (χ0v) is 17.0. The van der Waals surface area contributed by atoms with Crippen LogP contribution in [0.2, 0.25) is 18.1 Å². The van der Waals surface area contributed by atoms with Gasteiger partial charge in [-0.2, -0.15) is 0 Å². The average molecular weight is 315 g/mol. The van der Waals surface area contributed by atoms with E-state index in [4.69, 9.17) is 4.43 Å². The van der Waals surface area contributed by atoms with E-state index in [-0.39, 0.29) is 0 Å². The summed E-state index contributed by atoms with van der Waals surface area (Å²) in [5.41, 5.74) is 0. The van der Waals surface area contributed by atoms with Crippen molar-refractivity contribution in [3.05, 3.63) is 0 Å². The smallest absolute Gasteiger partial charge is 0.192 e. The van der Waals surface area contributed by atoms with Crippen molar-refractivity contribution in [2.24, 2.45) is 17.8 Å². The lowest BCUT2D eigenvalue weighted by Crippen LogP contribution is -2.37. The third-order valence-corrected chi connectivity index (χ3v) is 9.33. The lowest BCUT2D eigenvalue weighted by Gasteiger charge is -2.31. The second-order valence-corrected chi connectivity index (χ2v) is 12.5. The molecule has 0 saturated carbocycles. The van der Waals surface area contributed by atoms with Crippen molar-refractivity contribution in [2.75, 3.05) is 7.11 Å². The summed E-state index contributed by atoms with van der Waals surface area (Å²) in [5.74, 6) is 2.50. The molecule has 21 heavy (non-hydrogen) atoms. The van der Waals surface area contributed by atoms with E-state index < -0.39 is 8.32 Å². The van der Waals surface area contributed by atoms with Crippen molar-refractivity contribution in [1.29, 1.82) is 0 Å². The molecule has 0 fully saturated rings. The Hall–Kier alpha value is 0.177. The second kappa shape index (κ2) is 11.7. The van der Waals surface area contributed by atoms with Gasteiger partial charge in [-0.25, -0.2) is 0 Å². The second-order valence-electron chi connectivity index (χ2n) is 8.25. The first-order chi connectivity index (χ1) is 9.81. The van der Waals surface area contributed by atoms with E-state index in [1.54, 1.807) is 0 Å². The SMILES string of the molecule is CO[Si](CCCC(C)C)(CCCC(C)C)CCCC(C)C. The Labute approximate surface area is 136 Å². The van der Waals surface area contributed by atoms with Gasteiger partial charge in [0, 0.05) is 7.11 Å². The van der Waals surface area contributed by atoms with Crippen molar-refractivity contribution in [3.63, 3.8) is 0 Å². The van der Waals surface area contributed by atoms with Crippen LogP contribution in [0.15, 0.2) is 0 Å². The first-order valence-electron chi connectivity index (χ1n) is 9.36. The fourth-order valence-corrected chi connectivity index (χ4v) is 7.09. The molecule has 1 nitrogen and oxygen atoms in total. The van der Waals surface area contributed by atoms with E-state index in [2.05, 4.69) is 41.5 Å². The summed E-state index contributed by atoms with van der Waals surface area (Å²) in [6.45, 7) is 14.0. The molecule has 0 spiro atoms. The van der Waals surface area contributed by atoms with Gasteiger partial charge < -0.3 is 4.43 Å². The lowest BCUT2D eigenvalue weighted by atomic mass is 10.1. The van der Waals surface area contributed by atoms with Crippen molar-refractivity contribution in [2.45, 2.75) is 98.2 Å². The predicted octanol–water partition coefficient (Wildman–Crippen LogP) is 6.89. The molecule has 2 heteroatoms. The minimum atomic E-state index is -1.47. The van der Waals surface area contributed by atoms with Crippen LogP contribution < -0.4 is 0 Å². The van der Waals surface area contributed by atoms with Gasteiger partial charge in [0.25, 0.3) is 0 Å². The molecule has 0 bridgehead atoms. The first-order valence-corrected chi connectivity index (χ1v) is 11.9. The fraction of sp³-hybridized carbons (Fsp3) is 1.00. The van der Waals surface area contributed by atoms with E-state index in [0.29, 0.717) is 0 Å². The van der Waals surface area contributed by atoms with Gasteiger partial charge in [0.15, 0.2) is 8.32 Å². The van der Waals surface area contributed by atoms with Gasteiger partial charge in [-0.05, 0) is 35.9 Å². The molecular formula is C19H42OSi. The van der Waals surface area contributed by atoms with Crippen molar-refractivity contribution in [1.82, 2.24) is 0 Å². The van der Waals surface area contributed by atoms with Crippen LogP contribution in [0.1, 0.15) is 80.1 Å². The summed E-state index contributed by atoms with van der Waals surface area (Å²) in [6, 6.07) is 4.16. The van der Waals surface area contributed by atoms with Gasteiger partial charge in [0.1, 0.15) is 0 Å². The van der Waals surface area contributed by atoms with Crippen LogP contribution in [0.5, 0.6) is 0 Å². The van der Waals surface area contributed by atoms with Crippen molar-refractivity contribution >= 4 is 8.32 Å². The molecule has 0 aliphatic rings. The molecule has 0 amide bonds. The maximum atomic E-state index is 6.22. The predicted molar refractivity (Wildman–Crippen MR) is 99.4 cm³/mol. The zero-order valence-electron chi connectivity index (χ0n) is 16.0. The van der Waals surface area contributed by atoms with E-state index >= 15 is 0 Å². The van der Waals surface area contributed by atoms with Crippen LogP contribution >= 0.6 is 0 Å². The standard InChI is InChI=1S/C19H42OSi/c1-17(2)11-8-14-21(20-7,15-9-12-18(3)4)16-10-13-19(5)6/h17-19H,8-16H2,1-7H3. The molecule has 0 radical (unpaired) electrons. The van der Waals surface area contributed by atoms with Crippen LogP contribution in [-0.2, 0) is 4.43 Å². The highest BCUT2D eigenvalue weighted by Gasteiger charge is 2.32. The van der Waals surface area contributed by atoms with Crippen LogP contribution in [-0.4, -0.2) is 15.4 Å². The van der Waals surface area contributed by atoms with Gasteiger partial charge in [-0.1, -0.05) is 80.1 Å². The highest BCUT2D eigenvalue weighted by molar-refractivity contribution is 6.73. The lowest BCUT2D eigenvalue weighted by molar-refractivity contribution is 0.376. The normalized spacial score (nSPS) is 12.9. The number of hydrogen-bond acceptors (Lipinski definition) is 1. The molecule has 0 aromatic heterocycles. The molecule has 128 valence electrons. The van der Waals surface area contributed by atoms with Crippen LogP contribution in [0.25, 0.3) is 0 Å². The Kier molecular flexibility index (Phi) is 11.8. The largest absolute Gasteiger partial charge is 0.420 e. The molecule has 0 aliphatic carbocycles. The Morgan fingerprint density at radius 1 is 0.619 bits per heavy atom. The summed E-state index contributed by atoms with van der Waals surface area (Å²) in [7, 11) is 0.536. The summed E-state index contributed by atoms with van der Waals surface area (Å²) < 4.78 is 6.22. The number of hydrogen-bond donors (Lipinski definition) is 0. The summed E-state index contributed by atoms with van der Waals surface area (Å²) in [5, 5.41) is 0. The molecule has 0 aromatic carbocycles. The molecule has 0 unspecified atom stereocenters. The van der Waals surface area contributed by atoms with Gasteiger partial charge in [0.2, 0.25) is 0 Å². The fourth-order valence-electron chi connectivity index (χ4n) is 3.18. The zero-order chi connectivity index (χ0) is 16.3. The monoisotopic (exact) mass is 314 g/mol. The summed E-state index contributed by atoms with van der Waals surface area (Å²) >= 11 is 0. The molecule has 0 aliphatic heterocycles. The maximum absolute atomic E-state index is 6.22.